The van der Waals surface area contributed by atoms with Crippen molar-refractivity contribution >= 4 is 32.3 Å². The highest BCUT2D eigenvalue weighted by Gasteiger charge is 2.20. The lowest BCUT2D eigenvalue weighted by Crippen LogP contribution is -1.93. The Bertz CT molecular complexity index is 2520. The highest BCUT2D eigenvalue weighted by molar-refractivity contribution is 6.24. The molecule has 0 saturated heterocycles. The highest BCUT2D eigenvalue weighted by Crippen LogP contribution is 2.47. The van der Waals surface area contributed by atoms with Crippen LogP contribution in [0, 0.1) is 0 Å². The van der Waals surface area contributed by atoms with Gasteiger partial charge >= 0.3 is 0 Å². The van der Waals surface area contributed by atoms with E-state index in [0.29, 0.717) is 0 Å². The van der Waals surface area contributed by atoms with Crippen LogP contribution in [0.5, 0.6) is 0 Å². The summed E-state index contributed by atoms with van der Waals surface area (Å²) < 4.78 is 0. The zero-order chi connectivity index (χ0) is 31.9. The van der Waals surface area contributed by atoms with Gasteiger partial charge in [0.25, 0.3) is 0 Å². The fourth-order valence-electron chi connectivity index (χ4n) is 7.44. The van der Waals surface area contributed by atoms with E-state index in [1.54, 1.807) is 0 Å². The van der Waals surface area contributed by atoms with Gasteiger partial charge in [-0.2, -0.15) is 0 Å². The Morgan fingerprint density at radius 1 is 0.208 bits per heavy atom. The molecule has 224 valence electrons. The minimum atomic E-state index is 1.21. The lowest BCUT2D eigenvalue weighted by molar-refractivity contribution is 1.58. The molecule has 0 bridgehead atoms. The van der Waals surface area contributed by atoms with Crippen molar-refractivity contribution in [2.75, 3.05) is 0 Å². The van der Waals surface area contributed by atoms with Gasteiger partial charge in [-0.15, -0.1) is 0 Å². The van der Waals surface area contributed by atoms with E-state index in [0.717, 1.165) is 0 Å². The summed E-state index contributed by atoms with van der Waals surface area (Å²) in [5.74, 6) is 0. The summed E-state index contributed by atoms with van der Waals surface area (Å²) in [5, 5.41) is 7.55. The van der Waals surface area contributed by atoms with E-state index < -0.39 is 0 Å². The number of hydrogen-bond donors (Lipinski definition) is 0. The first-order valence-electron chi connectivity index (χ1n) is 16.6. The van der Waals surface area contributed by atoms with E-state index in [-0.39, 0.29) is 0 Å². The lowest BCUT2D eigenvalue weighted by atomic mass is 9.82. The first-order valence-corrected chi connectivity index (χ1v) is 16.6. The highest BCUT2D eigenvalue weighted by atomic mass is 14.2. The maximum Gasteiger partial charge on any atom is -0.00201 e. The molecule has 9 aromatic carbocycles. The van der Waals surface area contributed by atoms with Crippen LogP contribution in [0.3, 0.4) is 0 Å². The Hall–Kier alpha value is -6.24. The Morgan fingerprint density at radius 2 is 0.625 bits per heavy atom. The molecule has 9 aromatic rings. The first-order chi connectivity index (χ1) is 23.8. The number of fused-ring (bicyclic) bond motifs is 3. The minimum absolute atomic E-state index is 1.21. The van der Waals surface area contributed by atoms with Crippen molar-refractivity contribution in [3.63, 3.8) is 0 Å². The van der Waals surface area contributed by atoms with Gasteiger partial charge < -0.3 is 0 Å². The van der Waals surface area contributed by atoms with Crippen LogP contribution in [0.4, 0.5) is 0 Å². The van der Waals surface area contributed by atoms with E-state index in [1.807, 2.05) is 0 Å². The lowest BCUT2D eigenvalue weighted by Gasteiger charge is -2.20. The average molecular weight is 609 g/mol. The fraction of sp³-hybridized carbons (Fsp3) is 0. The van der Waals surface area contributed by atoms with Crippen molar-refractivity contribution < 1.29 is 0 Å². The molecule has 0 unspecified atom stereocenters. The fourth-order valence-corrected chi connectivity index (χ4v) is 7.44. The second-order valence-corrected chi connectivity index (χ2v) is 12.4. The molecule has 0 aliphatic rings. The van der Waals surface area contributed by atoms with Crippen molar-refractivity contribution in [2.24, 2.45) is 0 Å². The topological polar surface area (TPSA) is 0 Å². The van der Waals surface area contributed by atoms with Crippen molar-refractivity contribution in [3.8, 4) is 55.6 Å². The van der Waals surface area contributed by atoms with Gasteiger partial charge in [-0.25, -0.2) is 0 Å². The predicted molar refractivity (Wildman–Crippen MR) is 206 cm³/mol. The monoisotopic (exact) mass is 608 g/mol. The molecule has 0 fully saturated rings. The van der Waals surface area contributed by atoms with Crippen LogP contribution < -0.4 is 0 Å². The minimum Gasteiger partial charge on any atom is -0.0622 e. The van der Waals surface area contributed by atoms with Crippen molar-refractivity contribution in [2.45, 2.75) is 0 Å². The van der Waals surface area contributed by atoms with Gasteiger partial charge in [-0.1, -0.05) is 188 Å². The maximum absolute atomic E-state index is 2.37. The Labute approximate surface area is 281 Å². The zero-order valence-corrected chi connectivity index (χ0v) is 26.5. The summed E-state index contributed by atoms with van der Waals surface area (Å²) in [6.45, 7) is 0. The Kier molecular flexibility index (Phi) is 6.91. The van der Waals surface area contributed by atoms with Crippen molar-refractivity contribution in [3.05, 3.63) is 194 Å². The van der Waals surface area contributed by atoms with Gasteiger partial charge in [-0.3, -0.25) is 0 Å². The molecule has 0 nitrogen and oxygen atoms in total. The molecule has 0 N–H and O–H groups in total. The maximum atomic E-state index is 2.37. The quantitative estimate of drug-likeness (QED) is 0.171. The van der Waals surface area contributed by atoms with Crippen LogP contribution >= 0.6 is 0 Å². The third kappa shape index (κ3) is 4.78. The van der Waals surface area contributed by atoms with Gasteiger partial charge in [-0.05, 0) is 94.0 Å². The van der Waals surface area contributed by atoms with E-state index in [9.17, 15) is 0 Å². The molecule has 0 radical (unpaired) electrons. The summed E-state index contributed by atoms with van der Waals surface area (Å²) in [7, 11) is 0. The molecule has 0 aromatic heterocycles. The third-order valence-electron chi connectivity index (χ3n) is 9.69. The molecule has 48 heavy (non-hydrogen) atoms. The molecule has 0 atom stereocenters. The molecule has 0 spiro atoms. The van der Waals surface area contributed by atoms with E-state index in [4.69, 9.17) is 0 Å². The number of hydrogen-bond acceptors (Lipinski definition) is 0. The van der Waals surface area contributed by atoms with Gasteiger partial charge in [0.1, 0.15) is 0 Å². The summed E-state index contributed by atoms with van der Waals surface area (Å²) in [6, 6.07) is 70.7. The van der Waals surface area contributed by atoms with Crippen molar-refractivity contribution in [1.82, 2.24) is 0 Å². The van der Waals surface area contributed by atoms with Crippen LogP contribution in [0.2, 0.25) is 0 Å². The zero-order valence-electron chi connectivity index (χ0n) is 26.5. The van der Waals surface area contributed by atoms with E-state index >= 15 is 0 Å². The molecule has 0 heterocycles. The van der Waals surface area contributed by atoms with E-state index in [2.05, 4.69) is 194 Å². The average Bonchev–Trinajstić information content (AvgIpc) is 3.17. The van der Waals surface area contributed by atoms with Crippen LogP contribution in [-0.2, 0) is 0 Å². The second-order valence-electron chi connectivity index (χ2n) is 12.4. The number of rotatable bonds is 5. The summed E-state index contributed by atoms with van der Waals surface area (Å²) in [4.78, 5) is 0. The first kappa shape index (κ1) is 28.0. The van der Waals surface area contributed by atoms with Crippen LogP contribution in [-0.4, -0.2) is 0 Å². The van der Waals surface area contributed by atoms with Gasteiger partial charge in [0, 0.05) is 0 Å². The van der Waals surface area contributed by atoms with Crippen LogP contribution in [0.1, 0.15) is 0 Å². The van der Waals surface area contributed by atoms with Crippen LogP contribution in [0.25, 0.3) is 88.0 Å². The smallest absolute Gasteiger partial charge is 0.00201 e. The molecule has 0 aliphatic heterocycles. The van der Waals surface area contributed by atoms with Crippen molar-refractivity contribution in [1.29, 1.82) is 0 Å². The largest absolute Gasteiger partial charge is 0.0622 e. The normalized spacial score (nSPS) is 11.3. The van der Waals surface area contributed by atoms with Crippen LogP contribution in [0.15, 0.2) is 194 Å². The predicted octanol–water partition coefficient (Wildman–Crippen LogP) is 13.5. The molecular weight excluding hydrogens is 577 g/mol. The molecule has 0 heteroatoms. The molecule has 0 aliphatic carbocycles. The molecule has 0 saturated carbocycles. The summed E-state index contributed by atoms with van der Waals surface area (Å²) in [6.07, 6.45) is 0. The second kappa shape index (κ2) is 11.8. The summed E-state index contributed by atoms with van der Waals surface area (Å²) in [5.41, 5.74) is 12.4. The third-order valence-corrected chi connectivity index (χ3v) is 9.69. The Morgan fingerprint density at radius 3 is 1.23 bits per heavy atom. The van der Waals surface area contributed by atoms with E-state index in [1.165, 1.54) is 88.0 Å². The van der Waals surface area contributed by atoms with Gasteiger partial charge in [0.2, 0.25) is 0 Å². The van der Waals surface area contributed by atoms with Gasteiger partial charge in [0.05, 0.1) is 0 Å². The molecular formula is C48H32. The van der Waals surface area contributed by atoms with Gasteiger partial charge in [0.15, 0.2) is 0 Å². The standard InChI is InChI=1S/C48H32/c1-3-14-33(15-4-1)35-26-28-37(29-27-35)39-19-7-8-20-40(39)47-41-21-9-11-23-43(41)48(44-24-12-10-22-42(44)47)45-25-13-18-36-30-31-38(32-46(36)45)34-16-5-2-6-17-34/h1-32H. The number of benzene rings is 9. The molecule has 0 amide bonds. The summed E-state index contributed by atoms with van der Waals surface area (Å²) >= 11 is 0. The SMILES string of the molecule is c1ccc(-c2ccc(-c3ccccc3-c3c4ccccc4c(-c4cccc5ccc(-c6ccccc6)cc45)c4ccccc34)cc2)cc1. The molecule has 9 rings (SSSR count). The Balaban J connectivity index is 1.29.